The Morgan fingerprint density at radius 1 is 1.12 bits per heavy atom. The third kappa shape index (κ3) is 4.77. The van der Waals surface area contributed by atoms with E-state index in [4.69, 9.17) is 0 Å². The molecule has 1 aliphatic rings. The lowest BCUT2D eigenvalue weighted by atomic mass is 9.96. The number of fused-ring (bicyclic) bond motifs is 1. The summed E-state index contributed by atoms with van der Waals surface area (Å²) in [5.74, 6) is 0.948. The molecule has 3 N–H and O–H groups in total. The van der Waals surface area contributed by atoms with Crippen molar-refractivity contribution in [2.24, 2.45) is 4.99 Å². The number of carbonyl (C=O) groups is 2. The van der Waals surface area contributed by atoms with Crippen molar-refractivity contribution in [1.82, 2.24) is 20.9 Å². The Balaban J connectivity index is 1.49. The van der Waals surface area contributed by atoms with Crippen LogP contribution in [-0.2, 0) is 0 Å². The van der Waals surface area contributed by atoms with Crippen LogP contribution in [0.5, 0.6) is 0 Å². The summed E-state index contributed by atoms with van der Waals surface area (Å²) in [6, 6.07) is 15.1. The van der Waals surface area contributed by atoms with Crippen molar-refractivity contribution in [3.63, 3.8) is 0 Å². The van der Waals surface area contributed by atoms with Gasteiger partial charge in [-0.2, -0.15) is 0 Å². The van der Waals surface area contributed by atoms with E-state index in [0.29, 0.717) is 17.7 Å². The number of nitrogens with one attached hydrogen (secondary N) is 3. The summed E-state index contributed by atoms with van der Waals surface area (Å²) in [6.07, 6.45) is 5.40. The molecule has 0 spiro atoms. The number of pyridine rings is 1. The van der Waals surface area contributed by atoms with Gasteiger partial charge in [0.15, 0.2) is 5.78 Å². The lowest BCUT2D eigenvalue weighted by Crippen LogP contribution is -2.31. The maximum absolute atomic E-state index is 12.2. The molecule has 2 heterocycles. The van der Waals surface area contributed by atoms with Gasteiger partial charge in [0.25, 0.3) is 5.91 Å². The van der Waals surface area contributed by atoms with Gasteiger partial charge in [0, 0.05) is 36.7 Å². The summed E-state index contributed by atoms with van der Waals surface area (Å²) < 4.78 is 0. The molecular weight excluding hydrogens is 414 g/mol. The van der Waals surface area contributed by atoms with E-state index in [1.807, 2.05) is 42.5 Å². The number of amides is 1. The second-order valence-electron chi connectivity index (χ2n) is 8.09. The number of hydrogen-bond donors (Lipinski definition) is 3. The molecule has 3 aromatic rings. The van der Waals surface area contributed by atoms with Crippen LogP contribution in [0.15, 0.2) is 71.6 Å². The number of benzene rings is 2. The molecule has 168 valence electrons. The first kappa shape index (κ1) is 22.2. The fourth-order valence-corrected chi connectivity index (χ4v) is 3.95. The Hall–Kier alpha value is -4.00. The van der Waals surface area contributed by atoms with Gasteiger partial charge in [-0.15, -0.1) is 0 Å². The summed E-state index contributed by atoms with van der Waals surface area (Å²) in [6.45, 7) is 4.37. The van der Waals surface area contributed by atoms with E-state index in [2.05, 4.69) is 38.9 Å². The maximum Gasteiger partial charge on any atom is 0.251 e. The van der Waals surface area contributed by atoms with Crippen LogP contribution < -0.4 is 16.0 Å². The fourth-order valence-electron chi connectivity index (χ4n) is 3.95. The molecule has 1 amide bonds. The van der Waals surface area contributed by atoms with Crippen LogP contribution in [-0.4, -0.2) is 36.6 Å². The molecule has 0 aliphatic carbocycles. The van der Waals surface area contributed by atoms with Crippen LogP contribution >= 0.6 is 0 Å². The molecule has 7 heteroatoms. The second-order valence-corrected chi connectivity index (χ2v) is 8.09. The standard InChI is InChI=1S/C26H27N5O2/c1-16(20-5-4-6-21-22(26(33)27-3)11-12-28-25(20)21)14-29-24-13-23(30-15-31-24)19-9-7-18(8-10-19)17(2)32/h4-13,15-16,23,29H,14H2,1-3H3,(H,27,33)(H,30,31). The zero-order valence-electron chi connectivity index (χ0n) is 18.9. The minimum atomic E-state index is -0.126. The third-order valence-electron chi connectivity index (χ3n) is 5.84. The predicted octanol–water partition coefficient (Wildman–Crippen LogP) is 3.70. The van der Waals surface area contributed by atoms with Gasteiger partial charge in [-0.25, -0.2) is 0 Å². The van der Waals surface area contributed by atoms with E-state index in [9.17, 15) is 9.59 Å². The van der Waals surface area contributed by atoms with E-state index in [0.717, 1.165) is 27.9 Å². The number of aliphatic imine (C=N–C) groups is 1. The predicted molar refractivity (Wildman–Crippen MR) is 130 cm³/mol. The number of aromatic nitrogens is 1. The maximum atomic E-state index is 12.2. The highest BCUT2D eigenvalue weighted by Gasteiger charge is 2.17. The molecule has 1 aliphatic heterocycles. The van der Waals surface area contributed by atoms with Crippen molar-refractivity contribution < 1.29 is 9.59 Å². The van der Waals surface area contributed by atoms with E-state index >= 15 is 0 Å². The van der Waals surface area contributed by atoms with Gasteiger partial charge in [0.2, 0.25) is 0 Å². The second kappa shape index (κ2) is 9.65. The molecule has 0 fully saturated rings. The van der Waals surface area contributed by atoms with Gasteiger partial charge in [0.05, 0.1) is 23.5 Å². The highest BCUT2D eigenvalue weighted by molar-refractivity contribution is 6.06. The monoisotopic (exact) mass is 441 g/mol. The molecule has 2 atom stereocenters. The molecule has 4 rings (SSSR count). The number of Topliss-reactive ketones (excluding diaryl/α,β-unsaturated/α-hetero) is 1. The molecule has 2 unspecified atom stereocenters. The average molecular weight is 442 g/mol. The van der Waals surface area contributed by atoms with Crippen molar-refractivity contribution in [3.8, 4) is 0 Å². The lowest BCUT2D eigenvalue weighted by molar-refractivity contribution is 0.0963. The van der Waals surface area contributed by atoms with E-state index < -0.39 is 0 Å². The number of nitrogens with zero attached hydrogens (tertiary/aromatic N) is 2. The SMILES string of the molecule is CNC(=O)c1ccnc2c(C(C)CNC3=CC(c4ccc(C(C)=O)cc4)N=CN3)cccc12. The molecule has 0 radical (unpaired) electrons. The topological polar surface area (TPSA) is 95.5 Å². The number of carbonyl (C=O) groups excluding carboxylic acids is 2. The average Bonchev–Trinajstić information content (AvgIpc) is 2.86. The highest BCUT2D eigenvalue weighted by Crippen LogP contribution is 2.27. The summed E-state index contributed by atoms with van der Waals surface area (Å²) in [7, 11) is 1.63. The van der Waals surface area contributed by atoms with Crippen molar-refractivity contribution in [3.05, 3.63) is 88.9 Å². The molecule has 1 aromatic heterocycles. The molecule has 7 nitrogen and oxygen atoms in total. The van der Waals surface area contributed by atoms with Crippen molar-refractivity contribution >= 4 is 28.9 Å². The smallest absolute Gasteiger partial charge is 0.251 e. The third-order valence-corrected chi connectivity index (χ3v) is 5.84. The van der Waals surface area contributed by atoms with E-state index in [1.54, 1.807) is 32.6 Å². The van der Waals surface area contributed by atoms with Gasteiger partial charge in [-0.05, 0) is 30.2 Å². The Kier molecular flexibility index (Phi) is 6.49. The fraction of sp³-hybridized carbons (Fsp3) is 0.231. The first-order valence-electron chi connectivity index (χ1n) is 10.9. The molecule has 0 saturated carbocycles. The number of para-hydroxylation sites is 1. The Bertz CT molecular complexity index is 1250. The van der Waals surface area contributed by atoms with Gasteiger partial charge >= 0.3 is 0 Å². The van der Waals surface area contributed by atoms with Gasteiger partial charge in [-0.1, -0.05) is 49.4 Å². The normalized spacial score (nSPS) is 16.0. The minimum Gasteiger partial charge on any atom is -0.371 e. The lowest BCUT2D eigenvalue weighted by Gasteiger charge is -2.21. The van der Waals surface area contributed by atoms with Crippen LogP contribution in [0.1, 0.15) is 57.7 Å². The van der Waals surface area contributed by atoms with Crippen LogP contribution in [0.25, 0.3) is 10.9 Å². The first-order chi connectivity index (χ1) is 16.0. The van der Waals surface area contributed by atoms with Crippen LogP contribution in [0.2, 0.25) is 0 Å². The summed E-state index contributed by atoms with van der Waals surface area (Å²) in [5, 5.41) is 10.2. The Labute approximate surface area is 193 Å². The minimum absolute atomic E-state index is 0.0487. The summed E-state index contributed by atoms with van der Waals surface area (Å²) >= 11 is 0. The van der Waals surface area contributed by atoms with Crippen LogP contribution in [0.3, 0.4) is 0 Å². The summed E-state index contributed by atoms with van der Waals surface area (Å²) in [4.78, 5) is 32.8. The number of ketones is 1. The van der Waals surface area contributed by atoms with Crippen molar-refractivity contribution in [1.29, 1.82) is 0 Å². The van der Waals surface area contributed by atoms with Crippen molar-refractivity contribution in [2.45, 2.75) is 25.8 Å². The Morgan fingerprint density at radius 3 is 2.64 bits per heavy atom. The van der Waals surface area contributed by atoms with Crippen molar-refractivity contribution in [2.75, 3.05) is 13.6 Å². The number of hydrogen-bond acceptors (Lipinski definition) is 6. The van der Waals surface area contributed by atoms with Crippen LogP contribution in [0, 0.1) is 0 Å². The first-order valence-corrected chi connectivity index (χ1v) is 10.9. The quantitative estimate of drug-likeness (QED) is 0.486. The number of rotatable bonds is 7. The molecular formula is C26H27N5O2. The molecule has 2 aromatic carbocycles. The van der Waals surface area contributed by atoms with Gasteiger partial charge in [0.1, 0.15) is 5.82 Å². The largest absolute Gasteiger partial charge is 0.371 e. The Morgan fingerprint density at radius 2 is 1.91 bits per heavy atom. The van der Waals surface area contributed by atoms with Crippen LogP contribution in [0.4, 0.5) is 0 Å². The summed E-state index contributed by atoms with van der Waals surface area (Å²) in [5.41, 5.74) is 4.24. The zero-order chi connectivity index (χ0) is 23.4. The molecule has 0 bridgehead atoms. The highest BCUT2D eigenvalue weighted by atomic mass is 16.1. The zero-order valence-corrected chi connectivity index (χ0v) is 18.9. The van der Waals surface area contributed by atoms with Gasteiger partial charge < -0.3 is 16.0 Å². The van der Waals surface area contributed by atoms with E-state index in [1.165, 1.54) is 0 Å². The molecule has 33 heavy (non-hydrogen) atoms. The van der Waals surface area contributed by atoms with Gasteiger partial charge in [-0.3, -0.25) is 19.6 Å². The van der Waals surface area contributed by atoms with E-state index in [-0.39, 0.29) is 23.7 Å². The molecule has 0 saturated heterocycles.